The summed E-state index contributed by atoms with van der Waals surface area (Å²) < 4.78 is 6.91. The van der Waals surface area contributed by atoms with Gasteiger partial charge in [-0.25, -0.2) is 4.98 Å². The molecule has 7 heteroatoms. The molecule has 0 saturated carbocycles. The van der Waals surface area contributed by atoms with E-state index in [0.717, 1.165) is 55.1 Å². The molecule has 3 heterocycles. The average Bonchev–Trinajstić information content (AvgIpc) is 2.92. The molecule has 3 aromatic rings. The highest BCUT2D eigenvalue weighted by Gasteiger charge is 2.16. The Bertz CT molecular complexity index is 892. The van der Waals surface area contributed by atoms with Crippen LogP contribution in [-0.4, -0.2) is 51.9 Å². The summed E-state index contributed by atoms with van der Waals surface area (Å²) in [6.45, 7) is 6.13. The fraction of sp³-hybridized carbons (Fsp3) is 0.350. The van der Waals surface area contributed by atoms with Crippen LogP contribution in [0, 0.1) is 0 Å². The quantitative estimate of drug-likeness (QED) is 0.691. The zero-order valence-corrected chi connectivity index (χ0v) is 16.1. The Morgan fingerprint density at radius 3 is 2.78 bits per heavy atom. The summed E-state index contributed by atoms with van der Waals surface area (Å²) in [5.74, 6) is 0.952. The van der Waals surface area contributed by atoms with Crippen molar-refractivity contribution in [3.05, 3.63) is 48.3 Å². The Balaban J connectivity index is 1.36. The van der Waals surface area contributed by atoms with E-state index in [4.69, 9.17) is 4.74 Å². The number of hydrogen-bond acceptors (Lipinski definition) is 6. The van der Waals surface area contributed by atoms with E-state index in [9.17, 15) is 4.79 Å². The van der Waals surface area contributed by atoms with Crippen LogP contribution in [0.1, 0.15) is 18.9 Å². The summed E-state index contributed by atoms with van der Waals surface area (Å²) in [5, 5.41) is 0.627. The molecule has 1 saturated heterocycles. The van der Waals surface area contributed by atoms with Crippen molar-refractivity contribution < 1.29 is 9.53 Å². The van der Waals surface area contributed by atoms with Gasteiger partial charge in [-0.3, -0.25) is 14.7 Å². The van der Waals surface area contributed by atoms with E-state index < -0.39 is 0 Å². The number of amides is 1. The van der Waals surface area contributed by atoms with Gasteiger partial charge in [-0.2, -0.15) is 0 Å². The predicted octanol–water partition coefficient (Wildman–Crippen LogP) is 3.54. The van der Waals surface area contributed by atoms with Gasteiger partial charge in [0.05, 0.1) is 10.2 Å². The summed E-state index contributed by atoms with van der Waals surface area (Å²) in [6, 6.07) is 10.0. The minimum absolute atomic E-state index is 0.170. The van der Waals surface area contributed by atoms with Crippen molar-refractivity contribution in [3.63, 3.8) is 0 Å². The SMILES string of the molecule is CC(=O)N1CCCN(Cc2ccc(Oc3nc4ccncc4s3)cc2)CC1. The highest BCUT2D eigenvalue weighted by molar-refractivity contribution is 7.20. The number of benzene rings is 1. The molecule has 0 atom stereocenters. The average molecular weight is 382 g/mol. The second-order valence-electron chi connectivity index (χ2n) is 6.70. The van der Waals surface area contributed by atoms with Crippen LogP contribution < -0.4 is 4.74 Å². The molecule has 1 aromatic carbocycles. The van der Waals surface area contributed by atoms with Crippen LogP contribution in [0.4, 0.5) is 0 Å². The van der Waals surface area contributed by atoms with Gasteiger partial charge < -0.3 is 9.64 Å². The van der Waals surface area contributed by atoms with Crippen molar-refractivity contribution in [2.45, 2.75) is 19.9 Å². The maximum absolute atomic E-state index is 11.5. The fourth-order valence-electron chi connectivity index (χ4n) is 3.27. The van der Waals surface area contributed by atoms with E-state index in [1.54, 1.807) is 19.3 Å². The molecule has 27 heavy (non-hydrogen) atoms. The van der Waals surface area contributed by atoms with E-state index in [1.807, 2.05) is 23.1 Å². The number of ether oxygens (including phenoxy) is 1. The van der Waals surface area contributed by atoms with Gasteiger partial charge in [-0.1, -0.05) is 23.5 Å². The Kier molecular flexibility index (Phi) is 5.31. The molecule has 0 unspecified atom stereocenters. The molecule has 0 bridgehead atoms. The Morgan fingerprint density at radius 2 is 2.00 bits per heavy atom. The molecule has 140 valence electrons. The van der Waals surface area contributed by atoms with E-state index in [2.05, 4.69) is 27.0 Å². The molecule has 1 amide bonds. The number of fused-ring (bicyclic) bond motifs is 1. The lowest BCUT2D eigenvalue weighted by Crippen LogP contribution is -2.33. The van der Waals surface area contributed by atoms with Gasteiger partial charge >= 0.3 is 0 Å². The number of aromatic nitrogens is 2. The van der Waals surface area contributed by atoms with Crippen molar-refractivity contribution in [2.75, 3.05) is 26.2 Å². The van der Waals surface area contributed by atoms with Crippen molar-refractivity contribution in [2.24, 2.45) is 0 Å². The smallest absolute Gasteiger partial charge is 0.279 e. The van der Waals surface area contributed by atoms with Crippen LogP contribution in [0.5, 0.6) is 10.9 Å². The molecule has 1 fully saturated rings. The lowest BCUT2D eigenvalue weighted by Gasteiger charge is -2.21. The van der Waals surface area contributed by atoms with Gasteiger partial charge in [0.25, 0.3) is 5.19 Å². The van der Waals surface area contributed by atoms with E-state index in [0.29, 0.717) is 5.19 Å². The first kappa shape index (κ1) is 17.9. The third-order valence-electron chi connectivity index (χ3n) is 4.74. The van der Waals surface area contributed by atoms with Crippen LogP contribution in [0.2, 0.25) is 0 Å². The predicted molar refractivity (Wildman–Crippen MR) is 106 cm³/mol. The van der Waals surface area contributed by atoms with Gasteiger partial charge in [-0.05, 0) is 30.2 Å². The summed E-state index contributed by atoms with van der Waals surface area (Å²) in [7, 11) is 0. The van der Waals surface area contributed by atoms with Crippen molar-refractivity contribution in [1.82, 2.24) is 19.8 Å². The molecular weight excluding hydrogens is 360 g/mol. The zero-order chi connectivity index (χ0) is 18.6. The fourth-order valence-corrected chi connectivity index (χ4v) is 4.07. The second-order valence-corrected chi connectivity index (χ2v) is 7.70. The number of thiazole rings is 1. The molecule has 0 N–H and O–H groups in total. The third kappa shape index (κ3) is 4.43. The lowest BCUT2D eigenvalue weighted by molar-refractivity contribution is -0.128. The molecule has 1 aliphatic rings. The monoisotopic (exact) mass is 382 g/mol. The Hall–Kier alpha value is -2.51. The van der Waals surface area contributed by atoms with E-state index in [1.165, 1.54) is 16.9 Å². The largest absolute Gasteiger partial charge is 0.431 e. The number of pyridine rings is 1. The minimum Gasteiger partial charge on any atom is -0.431 e. The second kappa shape index (κ2) is 8.02. The van der Waals surface area contributed by atoms with Gasteiger partial charge in [0.15, 0.2) is 0 Å². The maximum atomic E-state index is 11.5. The van der Waals surface area contributed by atoms with E-state index >= 15 is 0 Å². The molecule has 1 aliphatic heterocycles. The van der Waals surface area contributed by atoms with Crippen LogP contribution in [0.3, 0.4) is 0 Å². The lowest BCUT2D eigenvalue weighted by atomic mass is 10.2. The van der Waals surface area contributed by atoms with Crippen molar-refractivity contribution >= 4 is 27.5 Å². The van der Waals surface area contributed by atoms with Gasteiger partial charge in [0, 0.05) is 52.0 Å². The minimum atomic E-state index is 0.170. The Labute approximate surface area is 162 Å². The number of rotatable bonds is 4. The van der Waals surface area contributed by atoms with Gasteiger partial charge in [0.1, 0.15) is 5.75 Å². The van der Waals surface area contributed by atoms with Crippen molar-refractivity contribution in [1.29, 1.82) is 0 Å². The van der Waals surface area contributed by atoms with Crippen LogP contribution in [0.25, 0.3) is 10.2 Å². The highest BCUT2D eigenvalue weighted by Crippen LogP contribution is 2.30. The zero-order valence-electron chi connectivity index (χ0n) is 15.3. The van der Waals surface area contributed by atoms with Crippen LogP contribution in [0.15, 0.2) is 42.7 Å². The third-order valence-corrected chi connectivity index (χ3v) is 5.62. The molecule has 0 aliphatic carbocycles. The maximum Gasteiger partial charge on any atom is 0.279 e. The first-order chi connectivity index (χ1) is 13.2. The first-order valence-corrected chi connectivity index (χ1v) is 9.94. The van der Waals surface area contributed by atoms with Crippen LogP contribution in [-0.2, 0) is 11.3 Å². The molecule has 4 rings (SSSR count). The number of carbonyl (C=O) groups is 1. The number of carbonyl (C=O) groups excluding carboxylic acids is 1. The molecule has 0 spiro atoms. The molecular formula is C20H22N4O2S. The van der Waals surface area contributed by atoms with Gasteiger partial charge in [-0.15, -0.1) is 0 Å². The topological polar surface area (TPSA) is 58.6 Å². The molecule has 6 nitrogen and oxygen atoms in total. The van der Waals surface area contributed by atoms with Crippen molar-refractivity contribution in [3.8, 4) is 10.9 Å². The first-order valence-electron chi connectivity index (χ1n) is 9.12. The number of nitrogens with zero attached hydrogens (tertiary/aromatic N) is 4. The summed E-state index contributed by atoms with van der Waals surface area (Å²) in [6.07, 6.45) is 4.56. The van der Waals surface area contributed by atoms with Crippen LogP contribution >= 0.6 is 11.3 Å². The normalized spacial score (nSPS) is 15.7. The summed E-state index contributed by atoms with van der Waals surface area (Å²) in [5.41, 5.74) is 2.15. The number of hydrogen-bond donors (Lipinski definition) is 0. The van der Waals surface area contributed by atoms with E-state index in [-0.39, 0.29) is 5.91 Å². The Morgan fingerprint density at radius 1 is 1.15 bits per heavy atom. The summed E-state index contributed by atoms with van der Waals surface area (Å²) >= 11 is 1.49. The van der Waals surface area contributed by atoms with Gasteiger partial charge in [0.2, 0.25) is 5.91 Å². The standard InChI is InChI=1S/C20H22N4O2S/c1-15(25)24-10-2-9-23(11-12-24)14-16-3-5-17(6-4-16)26-20-22-18-7-8-21-13-19(18)27-20/h3-8,13H,2,9-12,14H2,1H3. The highest BCUT2D eigenvalue weighted by atomic mass is 32.1. The molecule has 0 radical (unpaired) electrons. The summed E-state index contributed by atoms with van der Waals surface area (Å²) in [4.78, 5) is 24.5. The molecule has 2 aromatic heterocycles.